The van der Waals surface area contributed by atoms with Crippen molar-refractivity contribution < 1.29 is 17.9 Å². The van der Waals surface area contributed by atoms with Crippen LogP contribution in [0.3, 0.4) is 0 Å². The standard InChI is InChI=1S/C18H19ClFN3O3S/c19-14-4-1-5-15(20)13(14)10-23-9-3-7-18(12-23)11-22-27(24,25)16-6-2-8-21-17(16)26-18/h1-2,4-6,8H,3,7,9-12H2,(H-,22,24,25). The van der Waals surface area contributed by atoms with Crippen LogP contribution in [0.1, 0.15) is 18.4 Å². The summed E-state index contributed by atoms with van der Waals surface area (Å²) < 4.78 is 47.9. The number of hydrogen-bond acceptors (Lipinski definition) is 5. The van der Waals surface area contributed by atoms with Crippen LogP contribution in [0, 0.1) is 5.82 Å². The van der Waals surface area contributed by atoms with Crippen molar-refractivity contribution in [2.75, 3.05) is 19.6 Å². The molecule has 0 amide bonds. The largest absolute Gasteiger partial charge is 0.593 e. The molecule has 9 heteroatoms. The van der Waals surface area contributed by atoms with Crippen molar-refractivity contribution in [1.82, 2.24) is 14.6 Å². The number of pyridine rings is 1. The monoisotopic (exact) mass is 411 g/mol. The van der Waals surface area contributed by atoms with Crippen LogP contribution in [-0.2, 0) is 21.2 Å². The zero-order valence-electron chi connectivity index (χ0n) is 14.5. The highest BCUT2D eigenvalue weighted by Crippen LogP contribution is 2.35. The number of rotatable bonds is 2. The summed E-state index contributed by atoms with van der Waals surface area (Å²) in [6.45, 7) is 1.65. The quantitative estimate of drug-likeness (QED) is 0.769. The Morgan fingerprint density at radius 1 is 1.41 bits per heavy atom. The number of sulfonamides is 1. The zero-order valence-corrected chi connectivity index (χ0v) is 16.1. The molecule has 3 heterocycles. The predicted molar refractivity (Wildman–Crippen MR) is 98.6 cm³/mol. The third-order valence-corrected chi connectivity index (χ3v) is 6.75. The van der Waals surface area contributed by atoms with Gasteiger partial charge in [-0.1, -0.05) is 21.9 Å². The second-order valence-electron chi connectivity index (χ2n) is 6.93. The summed E-state index contributed by atoms with van der Waals surface area (Å²) in [7, 11) is -3.68. The predicted octanol–water partition coefficient (Wildman–Crippen LogP) is 2.79. The van der Waals surface area contributed by atoms with Gasteiger partial charge in [-0.2, -0.15) is 0 Å². The Labute approximate surface area is 163 Å². The number of fused-ring (bicyclic) bond motifs is 1. The molecule has 144 valence electrons. The molecule has 1 N–H and O–H groups in total. The van der Waals surface area contributed by atoms with Gasteiger partial charge in [-0.05, 0) is 37.6 Å². The number of benzene rings is 1. The first-order valence-corrected chi connectivity index (χ1v) is 10.5. The highest BCUT2D eigenvalue weighted by Gasteiger charge is 2.45. The minimum atomic E-state index is -3.68. The first-order valence-electron chi connectivity index (χ1n) is 8.68. The second-order valence-corrected chi connectivity index (χ2v) is 9.07. The molecule has 2 aliphatic heterocycles. The molecule has 27 heavy (non-hydrogen) atoms. The lowest BCUT2D eigenvalue weighted by atomic mass is 9.92. The van der Waals surface area contributed by atoms with E-state index < -0.39 is 16.0 Å². The van der Waals surface area contributed by atoms with E-state index in [9.17, 15) is 13.2 Å². The molecule has 6 nitrogen and oxygen atoms in total. The third-order valence-electron chi connectivity index (χ3n) is 4.99. The van der Waals surface area contributed by atoms with E-state index in [4.69, 9.17) is 16.3 Å². The Morgan fingerprint density at radius 3 is 3.07 bits per heavy atom. The lowest BCUT2D eigenvalue weighted by Gasteiger charge is -2.41. The van der Waals surface area contributed by atoms with Crippen LogP contribution in [0.25, 0.3) is 0 Å². The number of aromatic nitrogens is 1. The Kier molecular flexibility index (Phi) is 4.94. The zero-order chi connectivity index (χ0) is 19.1. The molecule has 0 aliphatic carbocycles. The summed E-state index contributed by atoms with van der Waals surface area (Å²) in [5.41, 5.74) is -0.327. The molecule has 2 unspecified atom stereocenters. The Morgan fingerprint density at radius 2 is 2.26 bits per heavy atom. The van der Waals surface area contributed by atoms with Crippen molar-refractivity contribution in [3.05, 3.63) is 52.9 Å². The van der Waals surface area contributed by atoms with Gasteiger partial charge in [0.1, 0.15) is 11.4 Å². The molecular formula is C18H19ClFN3O3S. The number of nitrogens with zero attached hydrogens (tertiary/aromatic N) is 2. The molecule has 2 atom stereocenters. The van der Waals surface area contributed by atoms with Gasteiger partial charge >= 0.3 is 0 Å². The molecule has 1 aromatic heterocycles. The summed E-state index contributed by atoms with van der Waals surface area (Å²) in [6, 6.07) is 7.66. The smallest absolute Gasteiger partial charge is 0.272 e. The molecule has 2 aliphatic rings. The normalized spacial score (nSPS) is 28.4. The van der Waals surface area contributed by atoms with E-state index in [0.29, 0.717) is 30.1 Å². The molecule has 1 spiro atoms. The maximum absolute atomic E-state index is 14.2. The molecule has 2 aromatic rings. The number of likely N-dealkylation sites (tertiary alicyclic amines) is 1. The van der Waals surface area contributed by atoms with E-state index >= 15 is 0 Å². The summed E-state index contributed by atoms with van der Waals surface area (Å²) in [6.07, 6.45) is 2.97. The topological polar surface area (TPSA) is 77.5 Å². The van der Waals surface area contributed by atoms with Crippen LogP contribution in [0.15, 0.2) is 41.4 Å². The average Bonchev–Trinajstić information content (AvgIpc) is 2.74. The van der Waals surface area contributed by atoms with Crippen molar-refractivity contribution in [1.29, 1.82) is 0 Å². The third kappa shape index (κ3) is 3.72. The number of ether oxygens (including phenoxy) is 1. The number of piperidine rings is 1. The Bertz CT molecular complexity index is 895. The summed E-state index contributed by atoms with van der Waals surface area (Å²) in [5.74, 6) is -0.245. The van der Waals surface area contributed by atoms with Crippen LogP contribution < -0.4 is 9.46 Å². The van der Waals surface area contributed by atoms with Gasteiger partial charge in [-0.3, -0.25) is 4.90 Å². The highest BCUT2D eigenvalue weighted by molar-refractivity contribution is 7.95. The molecule has 1 fully saturated rings. The summed E-state index contributed by atoms with van der Waals surface area (Å²) in [5, 5.41) is 0.379. The molecule has 1 aromatic carbocycles. The fourth-order valence-corrected chi connectivity index (χ4v) is 5.08. The van der Waals surface area contributed by atoms with Crippen molar-refractivity contribution in [2.24, 2.45) is 0 Å². The fraction of sp³-hybridized carbons (Fsp3) is 0.389. The van der Waals surface area contributed by atoms with Gasteiger partial charge in [0.2, 0.25) is 4.90 Å². The Balaban J connectivity index is 1.60. The van der Waals surface area contributed by atoms with Gasteiger partial charge in [0.05, 0.1) is 6.54 Å². The van der Waals surface area contributed by atoms with Gasteiger partial charge in [-0.15, -0.1) is 4.72 Å². The van der Waals surface area contributed by atoms with E-state index in [2.05, 4.69) is 9.71 Å². The minimum Gasteiger partial charge on any atom is -0.593 e. The molecule has 0 radical (unpaired) electrons. The fourth-order valence-electron chi connectivity index (χ4n) is 3.66. The summed E-state index contributed by atoms with van der Waals surface area (Å²) >= 11 is 6.16. The van der Waals surface area contributed by atoms with Crippen LogP contribution in [0.4, 0.5) is 4.39 Å². The lowest BCUT2D eigenvalue weighted by Crippen LogP contribution is -2.56. The van der Waals surface area contributed by atoms with Gasteiger partial charge in [0, 0.05) is 35.9 Å². The number of halogens is 2. The van der Waals surface area contributed by atoms with Gasteiger partial charge in [-0.25, -0.2) is 9.37 Å². The van der Waals surface area contributed by atoms with Gasteiger partial charge < -0.3 is 9.29 Å². The first kappa shape index (κ1) is 18.8. The molecule has 1 saturated heterocycles. The SMILES string of the molecule is O=[S+]1([O-])NCC2(CCCN(Cc3c(F)cccc3Cl)C2)Oc2ncccc21. The lowest BCUT2D eigenvalue weighted by molar-refractivity contribution is -0.0109. The Hall–Kier alpha value is -1.58. The van der Waals surface area contributed by atoms with E-state index in [1.54, 1.807) is 18.2 Å². The second kappa shape index (κ2) is 7.10. The molecule has 0 bridgehead atoms. The van der Waals surface area contributed by atoms with Gasteiger partial charge in [0.25, 0.3) is 5.88 Å². The van der Waals surface area contributed by atoms with Crippen LogP contribution >= 0.6 is 11.6 Å². The number of nitrogens with one attached hydrogen (secondary N) is 1. The summed E-state index contributed by atoms with van der Waals surface area (Å²) in [4.78, 5) is 6.20. The van der Waals surface area contributed by atoms with E-state index in [1.807, 2.05) is 4.90 Å². The van der Waals surface area contributed by atoms with Crippen molar-refractivity contribution in [3.63, 3.8) is 0 Å². The van der Waals surface area contributed by atoms with Crippen molar-refractivity contribution in [3.8, 4) is 5.88 Å². The maximum atomic E-state index is 14.2. The van der Waals surface area contributed by atoms with Gasteiger partial charge in [0.15, 0.2) is 10.4 Å². The maximum Gasteiger partial charge on any atom is 0.272 e. The first-order chi connectivity index (χ1) is 12.9. The highest BCUT2D eigenvalue weighted by atomic mass is 35.5. The van der Waals surface area contributed by atoms with E-state index in [-0.39, 0.29) is 23.1 Å². The van der Waals surface area contributed by atoms with E-state index in [1.165, 1.54) is 18.3 Å². The minimum absolute atomic E-state index is 0.0381. The van der Waals surface area contributed by atoms with Crippen molar-refractivity contribution in [2.45, 2.75) is 29.9 Å². The van der Waals surface area contributed by atoms with Crippen LogP contribution in [0.2, 0.25) is 5.02 Å². The molecular weight excluding hydrogens is 393 g/mol. The number of hydrogen-bond donors (Lipinski definition) is 1. The van der Waals surface area contributed by atoms with Crippen LogP contribution in [0.5, 0.6) is 5.88 Å². The van der Waals surface area contributed by atoms with E-state index in [0.717, 1.165) is 13.0 Å². The van der Waals surface area contributed by atoms with Crippen molar-refractivity contribution >= 4 is 22.0 Å². The molecule has 0 saturated carbocycles. The van der Waals surface area contributed by atoms with Crippen LogP contribution in [-0.4, -0.2) is 39.7 Å². The average molecular weight is 412 g/mol. The molecule has 4 rings (SSSR count).